The Morgan fingerprint density at radius 2 is 1.47 bits per heavy atom. The summed E-state index contributed by atoms with van der Waals surface area (Å²) in [4.78, 5) is 23.3. The summed E-state index contributed by atoms with van der Waals surface area (Å²) in [7, 11) is 0. The molecule has 3 aromatic carbocycles. The van der Waals surface area contributed by atoms with Crippen molar-refractivity contribution >= 4 is 40.8 Å². The number of ether oxygens (including phenoxy) is 1. The second-order valence-corrected chi connectivity index (χ2v) is 7.05. The lowest BCUT2D eigenvalue weighted by molar-refractivity contribution is -0.141. The van der Waals surface area contributed by atoms with Gasteiger partial charge in [-0.05, 0) is 54.6 Å². The van der Waals surface area contributed by atoms with Gasteiger partial charge in [-0.1, -0.05) is 35.3 Å². The molecule has 0 saturated heterocycles. The lowest BCUT2D eigenvalue weighted by atomic mass is 10.1. The smallest absolute Gasteiger partial charge is 0.420 e. The van der Waals surface area contributed by atoms with Crippen molar-refractivity contribution in [3.63, 3.8) is 0 Å². The Morgan fingerprint density at radius 1 is 0.906 bits per heavy atom. The summed E-state index contributed by atoms with van der Waals surface area (Å²) in [6.45, 7) is 0.925. The second kappa shape index (κ2) is 11.0. The first-order chi connectivity index (χ1) is 15.0. The van der Waals surface area contributed by atoms with Crippen molar-refractivity contribution < 1.29 is 31.9 Å². The zero-order valence-electron chi connectivity index (χ0n) is 16.3. The van der Waals surface area contributed by atoms with E-state index in [1.54, 1.807) is 18.2 Å². The number of anilines is 1. The van der Waals surface area contributed by atoms with Crippen LogP contribution in [-0.4, -0.2) is 11.9 Å². The van der Waals surface area contributed by atoms with E-state index in [4.69, 9.17) is 23.2 Å². The quantitative estimate of drug-likeness (QED) is 0.245. The molecule has 10 heteroatoms. The molecular formula is C22H15Cl2F4NO3. The minimum Gasteiger partial charge on any atom is -0.425 e. The van der Waals surface area contributed by atoms with E-state index in [9.17, 15) is 27.2 Å². The third-order valence-corrected chi connectivity index (χ3v) is 4.17. The molecule has 0 unspecified atom stereocenters. The highest BCUT2D eigenvalue weighted by Gasteiger charge is 2.36. The summed E-state index contributed by atoms with van der Waals surface area (Å²) in [6.07, 6.45) is -4.81. The van der Waals surface area contributed by atoms with Crippen molar-refractivity contribution in [2.75, 3.05) is 5.32 Å². The second-order valence-electron chi connectivity index (χ2n) is 6.17. The molecule has 0 saturated carbocycles. The van der Waals surface area contributed by atoms with Crippen LogP contribution in [0, 0.1) is 5.82 Å². The van der Waals surface area contributed by atoms with Crippen molar-refractivity contribution in [3.8, 4) is 5.75 Å². The summed E-state index contributed by atoms with van der Waals surface area (Å²) in [5.74, 6) is -3.34. The lowest BCUT2D eigenvalue weighted by Gasteiger charge is -2.15. The predicted molar refractivity (Wildman–Crippen MR) is 114 cm³/mol. The van der Waals surface area contributed by atoms with Gasteiger partial charge < -0.3 is 10.1 Å². The van der Waals surface area contributed by atoms with Gasteiger partial charge in [0, 0.05) is 22.7 Å². The number of alkyl halides is 3. The fraction of sp³-hybridized carbons (Fsp3) is 0.0909. The van der Waals surface area contributed by atoms with Crippen LogP contribution in [0.3, 0.4) is 0 Å². The molecular weight excluding hydrogens is 473 g/mol. The highest BCUT2D eigenvalue weighted by Crippen LogP contribution is 2.38. The van der Waals surface area contributed by atoms with Crippen LogP contribution >= 0.6 is 23.2 Å². The largest absolute Gasteiger partial charge is 0.425 e. The van der Waals surface area contributed by atoms with Crippen LogP contribution < -0.4 is 10.1 Å². The van der Waals surface area contributed by atoms with Gasteiger partial charge in [0.15, 0.2) is 5.75 Å². The van der Waals surface area contributed by atoms with Crippen molar-refractivity contribution in [2.45, 2.75) is 13.1 Å². The van der Waals surface area contributed by atoms with Gasteiger partial charge >= 0.3 is 12.1 Å². The molecule has 0 radical (unpaired) electrons. The molecule has 4 nitrogen and oxygen atoms in total. The maximum absolute atomic E-state index is 13.0. The fourth-order valence-electron chi connectivity index (χ4n) is 2.38. The van der Waals surface area contributed by atoms with Crippen LogP contribution in [-0.2, 0) is 11.0 Å². The number of nitrogens with one attached hydrogen (secondary N) is 1. The number of rotatable bonds is 3. The van der Waals surface area contributed by atoms with Crippen molar-refractivity contribution in [3.05, 3.63) is 93.7 Å². The zero-order chi connectivity index (χ0) is 23.9. The number of benzene rings is 3. The normalized spacial score (nSPS) is 10.6. The number of amides is 1. The minimum absolute atomic E-state index is 0.174. The molecule has 1 N–H and O–H groups in total. The Labute approximate surface area is 190 Å². The first kappa shape index (κ1) is 25.2. The summed E-state index contributed by atoms with van der Waals surface area (Å²) in [5, 5.41) is 3.67. The Morgan fingerprint density at radius 3 is 1.94 bits per heavy atom. The van der Waals surface area contributed by atoms with E-state index < -0.39 is 40.7 Å². The van der Waals surface area contributed by atoms with Gasteiger partial charge in [0.25, 0.3) is 5.91 Å². The third-order valence-electron chi connectivity index (χ3n) is 3.70. The standard InChI is InChI=1S/C16H11F4NO3.C6H4Cl2/c1-9(22)24-14-12(3-2-4-13(14)16(18,19)20)15(23)21-11-7-5-10(17)6-8-11;7-5-2-1-3-6(8)4-5/h2-8H,1H3,(H,21,23);1-4H. The van der Waals surface area contributed by atoms with Crippen LogP contribution in [0.15, 0.2) is 66.7 Å². The zero-order valence-corrected chi connectivity index (χ0v) is 17.9. The third kappa shape index (κ3) is 7.55. The Kier molecular flexibility index (Phi) is 8.63. The van der Waals surface area contributed by atoms with Gasteiger partial charge in [-0.2, -0.15) is 13.2 Å². The number of hydrogen-bond acceptors (Lipinski definition) is 3. The predicted octanol–water partition coefficient (Wildman–Crippen LogP) is 7.02. The van der Waals surface area contributed by atoms with Crippen molar-refractivity contribution in [2.24, 2.45) is 0 Å². The molecule has 0 aliphatic carbocycles. The Balaban J connectivity index is 0.000000380. The number of para-hydroxylation sites is 1. The van der Waals surface area contributed by atoms with Crippen LogP contribution in [0.25, 0.3) is 0 Å². The van der Waals surface area contributed by atoms with Crippen LogP contribution in [0.4, 0.5) is 23.2 Å². The number of carbonyl (C=O) groups is 2. The number of esters is 1. The molecule has 0 aliphatic rings. The minimum atomic E-state index is -4.81. The van der Waals surface area contributed by atoms with E-state index in [0.29, 0.717) is 16.1 Å². The Bertz CT molecular complexity index is 1090. The van der Waals surface area contributed by atoms with E-state index in [-0.39, 0.29) is 5.69 Å². The summed E-state index contributed by atoms with van der Waals surface area (Å²) >= 11 is 11.1. The van der Waals surface area contributed by atoms with Gasteiger partial charge in [0.05, 0.1) is 11.1 Å². The maximum atomic E-state index is 13.0. The van der Waals surface area contributed by atoms with Crippen molar-refractivity contribution in [1.29, 1.82) is 0 Å². The topological polar surface area (TPSA) is 55.4 Å². The first-order valence-corrected chi connectivity index (χ1v) is 9.59. The monoisotopic (exact) mass is 487 g/mol. The van der Waals surface area contributed by atoms with Gasteiger partial charge in [-0.15, -0.1) is 0 Å². The molecule has 0 aromatic heterocycles. The molecule has 0 aliphatic heterocycles. The van der Waals surface area contributed by atoms with Gasteiger partial charge in [-0.25, -0.2) is 4.39 Å². The number of halogens is 6. The molecule has 0 spiro atoms. The summed E-state index contributed by atoms with van der Waals surface area (Å²) in [5.41, 5.74) is -1.54. The number of hydrogen-bond donors (Lipinski definition) is 1. The van der Waals surface area contributed by atoms with Crippen LogP contribution in [0.2, 0.25) is 10.0 Å². The molecule has 0 fully saturated rings. The summed E-state index contributed by atoms with van der Waals surface area (Å²) < 4.78 is 56.6. The van der Waals surface area contributed by atoms with Gasteiger partial charge in [0.1, 0.15) is 5.82 Å². The molecule has 3 aromatic rings. The van der Waals surface area contributed by atoms with E-state index in [0.717, 1.165) is 31.2 Å². The SMILES string of the molecule is CC(=O)Oc1c(C(=O)Nc2ccc(F)cc2)cccc1C(F)(F)F.Clc1cccc(Cl)c1. The van der Waals surface area contributed by atoms with E-state index >= 15 is 0 Å². The molecule has 0 heterocycles. The number of carbonyl (C=O) groups excluding carboxylic acids is 2. The van der Waals surface area contributed by atoms with E-state index in [2.05, 4.69) is 10.1 Å². The maximum Gasteiger partial charge on any atom is 0.420 e. The summed E-state index contributed by atoms with van der Waals surface area (Å²) in [6, 6.07) is 14.5. The highest BCUT2D eigenvalue weighted by molar-refractivity contribution is 6.34. The fourth-order valence-corrected chi connectivity index (χ4v) is 2.82. The van der Waals surface area contributed by atoms with Gasteiger partial charge in [0.2, 0.25) is 0 Å². The molecule has 3 rings (SSSR count). The molecule has 1 amide bonds. The molecule has 0 bridgehead atoms. The van der Waals surface area contributed by atoms with Crippen LogP contribution in [0.1, 0.15) is 22.8 Å². The lowest BCUT2D eigenvalue weighted by Crippen LogP contribution is -2.18. The van der Waals surface area contributed by atoms with E-state index in [1.165, 1.54) is 12.1 Å². The molecule has 0 atom stereocenters. The van der Waals surface area contributed by atoms with Gasteiger partial charge in [-0.3, -0.25) is 9.59 Å². The van der Waals surface area contributed by atoms with Crippen LogP contribution in [0.5, 0.6) is 5.75 Å². The molecule has 32 heavy (non-hydrogen) atoms. The average molecular weight is 488 g/mol. The first-order valence-electron chi connectivity index (χ1n) is 8.84. The Hall–Kier alpha value is -3.10. The average Bonchev–Trinajstić information content (AvgIpc) is 2.69. The molecule has 168 valence electrons. The highest BCUT2D eigenvalue weighted by atomic mass is 35.5. The van der Waals surface area contributed by atoms with Crippen molar-refractivity contribution in [1.82, 2.24) is 0 Å². The van der Waals surface area contributed by atoms with E-state index in [1.807, 2.05) is 6.07 Å².